The molecular formula is C10H11ClN2O3. The van der Waals surface area contributed by atoms with Crippen LogP contribution in [0.5, 0.6) is 0 Å². The Hall–Kier alpha value is -1.62. The average Bonchev–Trinajstić information content (AvgIpc) is 2.27. The summed E-state index contributed by atoms with van der Waals surface area (Å²) in [6, 6.07) is 4.00. The first-order valence-electron chi connectivity index (χ1n) is 4.67. The van der Waals surface area contributed by atoms with Crippen LogP contribution in [0.4, 0.5) is 11.4 Å². The standard InChI is InChI=1S/C10H11ClN2O3/c1-3-10(14)12(2)9-6-7(13(15)16)4-5-8(9)11/h4-6H,3H2,1-2H3. The highest BCUT2D eigenvalue weighted by atomic mass is 35.5. The van der Waals surface area contributed by atoms with Crippen LogP contribution in [-0.2, 0) is 4.79 Å². The highest BCUT2D eigenvalue weighted by molar-refractivity contribution is 6.33. The molecule has 0 heterocycles. The summed E-state index contributed by atoms with van der Waals surface area (Å²) in [6.45, 7) is 1.71. The van der Waals surface area contributed by atoms with Gasteiger partial charge in [0.1, 0.15) is 0 Å². The molecule has 0 aliphatic rings. The lowest BCUT2D eigenvalue weighted by Crippen LogP contribution is -2.25. The number of carbonyl (C=O) groups is 1. The van der Waals surface area contributed by atoms with Gasteiger partial charge in [0.25, 0.3) is 5.69 Å². The Morgan fingerprint density at radius 1 is 1.56 bits per heavy atom. The van der Waals surface area contributed by atoms with E-state index >= 15 is 0 Å². The van der Waals surface area contributed by atoms with Crippen molar-refractivity contribution in [1.82, 2.24) is 0 Å². The van der Waals surface area contributed by atoms with Gasteiger partial charge in [-0.25, -0.2) is 0 Å². The van der Waals surface area contributed by atoms with Gasteiger partial charge in [0.2, 0.25) is 5.91 Å². The van der Waals surface area contributed by atoms with Gasteiger partial charge in [-0.3, -0.25) is 14.9 Å². The minimum Gasteiger partial charge on any atom is -0.314 e. The molecule has 1 aromatic rings. The Balaban J connectivity index is 3.16. The topological polar surface area (TPSA) is 63.5 Å². The Bertz CT molecular complexity index is 434. The zero-order chi connectivity index (χ0) is 12.3. The third-order valence-corrected chi connectivity index (χ3v) is 2.50. The first kappa shape index (κ1) is 12.4. The molecule has 0 aliphatic heterocycles. The summed E-state index contributed by atoms with van der Waals surface area (Å²) in [6.07, 6.45) is 0.315. The van der Waals surface area contributed by atoms with Gasteiger partial charge in [0.05, 0.1) is 15.6 Å². The molecule has 5 nitrogen and oxygen atoms in total. The van der Waals surface area contributed by atoms with E-state index < -0.39 is 4.92 Å². The molecule has 0 saturated carbocycles. The molecule has 0 radical (unpaired) electrons. The Morgan fingerprint density at radius 3 is 2.69 bits per heavy atom. The van der Waals surface area contributed by atoms with Gasteiger partial charge < -0.3 is 4.90 Å². The second kappa shape index (κ2) is 4.94. The van der Waals surface area contributed by atoms with Crippen LogP contribution in [0.3, 0.4) is 0 Å². The van der Waals surface area contributed by atoms with E-state index in [1.54, 1.807) is 6.92 Å². The number of amides is 1. The number of halogens is 1. The van der Waals surface area contributed by atoms with Crippen molar-refractivity contribution in [3.05, 3.63) is 33.3 Å². The average molecular weight is 243 g/mol. The Morgan fingerprint density at radius 2 is 2.19 bits per heavy atom. The van der Waals surface area contributed by atoms with Crippen molar-refractivity contribution in [2.45, 2.75) is 13.3 Å². The van der Waals surface area contributed by atoms with Gasteiger partial charge in [0.15, 0.2) is 0 Å². The van der Waals surface area contributed by atoms with E-state index in [1.165, 1.54) is 30.1 Å². The van der Waals surface area contributed by atoms with Crippen LogP contribution < -0.4 is 4.90 Å². The summed E-state index contributed by atoms with van der Waals surface area (Å²) in [5, 5.41) is 10.9. The van der Waals surface area contributed by atoms with Crippen molar-refractivity contribution in [2.24, 2.45) is 0 Å². The molecule has 0 fully saturated rings. The van der Waals surface area contributed by atoms with Gasteiger partial charge in [-0.05, 0) is 6.07 Å². The van der Waals surface area contributed by atoms with Crippen molar-refractivity contribution in [3.63, 3.8) is 0 Å². The second-order valence-corrected chi connectivity index (χ2v) is 3.61. The molecule has 0 aliphatic carbocycles. The predicted molar refractivity (Wildman–Crippen MR) is 61.8 cm³/mol. The van der Waals surface area contributed by atoms with Crippen LogP contribution in [0.25, 0.3) is 0 Å². The van der Waals surface area contributed by atoms with E-state index in [9.17, 15) is 14.9 Å². The van der Waals surface area contributed by atoms with Crippen LogP contribution in [0, 0.1) is 10.1 Å². The summed E-state index contributed by atoms with van der Waals surface area (Å²) in [5.74, 6) is -0.151. The summed E-state index contributed by atoms with van der Waals surface area (Å²) < 4.78 is 0. The zero-order valence-corrected chi connectivity index (χ0v) is 9.69. The van der Waals surface area contributed by atoms with Gasteiger partial charge in [-0.2, -0.15) is 0 Å². The summed E-state index contributed by atoms with van der Waals surface area (Å²) in [5.41, 5.74) is 0.262. The second-order valence-electron chi connectivity index (χ2n) is 3.20. The van der Waals surface area contributed by atoms with Gasteiger partial charge in [-0.1, -0.05) is 18.5 Å². The maximum Gasteiger partial charge on any atom is 0.271 e. The normalized spacial score (nSPS) is 9.94. The van der Waals surface area contributed by atoms with Crippen LogP contribution in [-0.4, -0.2) is 17.9 Å². The van der Waals surface area contributed by atoms with E-state index in [0.29, 0.717) is 17.1 Å². The minimum absolute atomic E-state index is 0.0878. The zero-order valence-electron chi connectivity index (χ0n) is 8.94. The van der Waals surface area contributed by atoms with Crippen molar-refractivity contribution in [3.8, 4) is 0 Å². The molecule has 0 unspecified atom stereocenters. The Kier molecular flexibility index (Phi) is 3.84. The lowest BCUT2D eigenvalue weighted by molar-refractivity contribution is -0.384. The predicted octanol–water partition coefficient (Wildman–Crippen LogP) is 2.62. The molecule has 86 valence electrons. The quantitative estimate of drug-likeness (QED) is 0.605. The molecule has 0 aromatic heterocycles. The molecule has 1 aromatic carbocycles. The third-order valence-electron chi connectivity index (χ3n) is 2.18. The van der Waals surface area contributed by atoms with Gasteiger partial charge in [-0.15, -0.1) is 0 Å². The molecule has 0 atom stereocenters. The number of nitrogens with zero attached hydrogens (tertiary/aromatic N) is 2. The summed E-state index contributed by atoms with van der Waals surface area (Å²) in [7, 11) is 1.54. The first-order valence-corrected chi connectivity index (χ1v) is 5.05. The van der Waals surface area contributed by atoms with E-state index in [4.69, 9.17) is 11.6 Å². The number of nitro groups is 1. The number of hydrogen-bond donors (Lipinski definition) is 0. The van der Waals surface area contributed by atoms with Crippen molar-refractivity contribution in [2.75, 3.05) is 11.9 Å². The molecule has 0 saturated heterocycles. The number of rotatable bonds is 3. The molecule has 6 heteroatoms. The first-order chi connectivity index (χ1) is 7.47. The summed E-state index contributed by atoms with van der Waals surface area (Å²) in [4.78, 5) is 22.8. The fourth-order valence-corrected chi connectivity index (χ4v) is 1.49. The lowest BCUT2D eigenvalue weighted by atomic mass is 10.2. The minimum atomic E-state index is -0.524. The smallest absolute Gasteiger partial charge is 0.271 e. The largest absolute Gasteiger partial charge is 0.314 e. The van der Waals surface area contributed by atoms with Crippen LogP contribution in [0.15, 0.2) is 18.2 Å². The third kappa shape index (κ3) is 2.49. The van der Waals surface area contributed by atoms with Crippen LogP contribution in [0.2, 0.25) is 5.02 Å². The Labute approximate surface area is 97.8 Å². The SMILES string of the molecule is CCC(=O)N(C)c1cc([N+](=O)[O-])ccc1Cl. The number of anilines is 1. The monoisotopic (exact) mass is 242 g/mol. The van der Waals surface area contributed by atoms with E-state index in [0.717, 1.165) is 0 Å². The molecule has 0 bridgehead atoms. The number of carbonyl (C=O) groups excluding carboxylic acids is 1. The molecule has 0 N–H and O–H groups in total. The number of benzene rings is 1. The van der Waals surface area contributed by atoms with Crippen LogP contribution >= 0.6 is 11.6 Å². The fraction of sp³-hybridized carbons (Fsp3) is 0.300. The molecular weight excluding hydrogens is 232 g/mol. The number of non-ortho nitro benzene ring substituents is 1. The van der Waals surface area contributed by atoms with E-state index in [1.807, 2.05) is 0 Å². The fourth-order valence-electron chi connectivity index (χ4n) is 1.24. The maximum absolute atomic E-state index is 11.4. The van der Waals surface area contributed by atoms with Gasteiger partial charge in [0, 0.05) is 25.6 Å². The molecule has 0 spiro atoms. The lowest BCUT2D eigenvalue weighted by Gasteiger charge is -2.17. The highest BCUT2D eigenvalue weighted by Gasteiger charge is 2.16. The maximum atomic E-state index is 11.4. The van der Waals surface area contributed by atoms with Crippen molar-refractivity contribution < 1.29 is 9.72 Å². The molecule has 1 rings (SSSR count). The van der Waals surface area contributed by atoms with Crippen LogP contribution in [0.1, 0.15) is 13.3 Å². The molecule has 1 amide bonds. The van der Waals surface area contributed by atoms with E-state index in [2.05, 4.69) is 0 Å². The number of hydrogen-bond acceptors (Lipinski definition) is 3. The highest BCUT2D eigenvalue weighted by Crippen LogP contribution is 2.29. The summed E-state index contributed by atoms with van der Waals surface area (Å²) >= 11 is 5.88. The van der Waals surface area contributed by atoms with Gasteiger partial charge >= 0.3 is 0 Å². The van der Waals surface area contributed by atoms with Crippen molar-refractivity contribution >= 4 is 28.9 Å². The van der Waals surface area contributed by atoms with E-state index in [-0.39, 0.29) is 11.6 Å². The number of nitro benzene ring substituents is 1. The van der Waals surface area contributed by atoms with Crippen molar-refractivity contribution in [1.29, 1.82) is 0 Å². The molecule has 16 heavy (non-hydrogen) atoms.